The Hall–Kier alpha value is -0.730. The number of nitrogens with one attached hydrogen (secondary N) is 3. The van der Waals surface area contributed by atoms with Gasteiger partial charge in [-0.3, -0.25) is 4.99 Å². The monoisotopic (exact) mass is 442 g/mol. The van der Waals surface area contributed by atoms with Crippen LogP contribution in [0.5, 0.6) is 0 Å². The van der Waals surface area contributed by atoms with Crippen LogP contribution in [0.25, 0.3) is 0 Å². The highest BCUT2D eigenvalue weighted by atomic mass is 127. The van der Waals surface area contributed by atoms with Crippen LogP contribution in [0.1, 0.15) is 60.8 Å². The average Bonchev–Trinajstić information content (AvgIpc) is 2.39. The highest BCUT2D eigenvalue weighted by molar-refractivity contribution is 14.0. The summed E-state index contributed by atoms with van der Waals surface area (Å²) in [5, 5.41) is 9.36. The summed E-state index contributed by atoms with van der Waals surface area (Å²) in [5.41, 5.74) is -0.484. The number of halogens is 1. The second kappa shape index (κ2) is 13.7. The van der Waals surface area contributed by atoms with Gasteiger partial charge in [-0.05, 0) is 40.5 Å². The summed E-state index contributed by atoms with van der Waals surface area (Å²) >= 11 is 0. The molecule has 0 aliphatic heterocycles. The molecule has 0 fully saturated rings. The van der Waals surface area contributed by atoms with Gasteiger partial charge in [0.05, 0.1) is 12.6 Å². The average molecular weight is 442 g/mol. The van der Waals surface area contributed by atoms with Crippen molar-refractivity contribution in [2.75, 3.05) is 19.6 Å². The van der Waals surface area contributed by atoms with Gasteiger partial charge in [-0.25, -0.2) is 4.79 Å². The number of guanidine groups is 1. The van der Waals surface area contributed by atoms with Crippen LogP contribution in [0.4, 0.5) is 4.79 Å². The first kappa shape index (κ1) is 24.5. The Morgan fingerprint density at radius 1 is 1.13 bits per heavy atom. The van der Waals surface area contributed by atoms with E-state index in [9.17, 15) is 4.79 Å². The molecule has 1 atom stereocenters. The first-order valence-electron chi connectivity index (χ1n) is 8.34. The maximum atomic E-state index is 11.9. The van der Waals surface area contributed by atoms with E-state index in [1.54, 1.807) is 0 Å². The molecule has 7 heteroatoms. The van der Waals surface area contributed by atoms with Crippen LogP contribution in [0, 0.1) is 0 Å². The van der Waals surface area contributed by atoms with Crippen molar-refractivity contribution >= 4 is 36.0 Å². The Bertz CT molecular complexity index is 343. The lowest BCUT2D eigenvalue weighted by molar-refractivity contribution is 0.0503. The standard InChI is InChI=1S/C16H34N4O2.HI/c1-7-10-13(20-15(21)22-16(4,5)6)12-19-14(17-9-3)18-11-8-2;/h13H,7-12H2,1-6H3,(H,20,21)(H2,17,18,19);1H. The number of rotatable bonds is 8. The van der Waals surface area contributed by atoms with Gasteiger partial charge in [0.15, 0.2) is 5.96 Å². The first-order valence-corrected chi connectivity index (χ1v) is 8.34. The normalized spacial score (nSPS) is 12.9. The summed E-state index contributed by atoms with van der Waals surface area (Å²) < 4.78 is 5.30. The SMILES string of the molecule is CCCNC(=NCC(CCC)NC(=O)OC(C)(C)C)NCC.I. The quantitative estimate of drug-likeness (QED) is 0.307. The fourth-order valence-electron chi connectivity index (χ4n) is 1.82. The molecule has 1 unspecified atom stereocenters. The smallest absolute Gasteiger partial charge is 0.407 e. The van der Waals surface area contributed by atoms with Crippen LogP contribution in [0.3, 0.4) is 0 Å². The van der Waals surface area contributed by atoms with E-state index in [0.717, 1.165) is 38.3 Å². The summed E-state index contributed by atoms with van der Waals surface area (Å²) in [5.74, 6) is 0.788. The van der Waals surface area contributed by atoms with Gasteiger partial charge in [0.25, 0.3) is 0 Å². The van der Waals surface area contributed by atoms with Crippen LogP contribution in [0.2, 0.25) is 0 Å². The lowest BCUT2D eigenvalue weighted by Crippen LogP contribution is -2.42. The Morgan fingerprint density at radius 2 is 1.78 bits per heavy atom. The highest BCUT2D eigenvalue weighted by Crippen LogP contribution is 2.07. The molecule has 0 aliphatic carbocycles. The maximum absolute atomic E-state index is 11.9. The molecular formula is C16H35IN4O2. The van der Waals surface area contributed by atoms with E-state index < -0.39 is 5.60 Å². The molecule has 0 bridgehead atoms. The van der Waals surface area contributed by atoms with Gasteiger partial charge in [-0.1, -0.05) is 20.3 Å². The molecule has 0 aromatic carbocycles. The zero-order chi connectivity index (χ0) is 17.0. The molecule has 138 valence electrons. The third kappa shape index (κ3) is 14.6. The molecule has 0 rings (SSSR count). The topological polar surface area (TPSA) is 74.8 Å². The lowest BCUT2D eigenvalue weighted by Gasteiger charge is -2.23. The van der Waals surface area contributed by atoms with Crippen LogP contribution >= 0.6 is 24.0 Å². The van der Waals surface area contributed by atoms with E-state index in [2.05, 4.69) is 34.8 Å². The number of amides is 1. The van der Waals surface area contributed by atoms with Crippen molar-refractivity contribution in [3.05, 3.63) is 0 Å². The summed E-state index contributed by atoms with van der Waals surface area (Å²) in [6, 6.07) is -0.0167. The zero-order valence-electron chi connectivity index (χ0n) is 15.5. The van der Waals surface area contributed by atoms with Crippen LogP contribution in [0.15, 0.2) is 4.99 Å². The third-order valence-electron chi connectivity index (χ3n) is 2.71. The molecule has 0 heterocycles. The molecule has 3 N–H and O–H groups in total. The zero-order valence-corrected chi connectivity index (χ0v) is 17.8. The molecule has 0 aromatic rings. The second-order valence-electron chi connectivity index (χ2n) is 6.28. The number of hydrogen-bond donors (Lipinski definition) is 3. The van der Waals surface area contributed by atoms with Gasteiger partial charge in [-0.15, -0.1) is 24.0 Å². The Labute approximate surface area is 158 Å². The number of nitrogens with zero attached hydrogens (tertiary/aromatic N) is 1. The van der Waals surface area contributed by atoms with Crippen molar-refractivity contribution in [3.63, 3.8) is 0 Å². The lowest BCUT2D eigenvalue weighted by atomic mass is 10.1. The molecule has 0 aromatic heterocycles. The molecule has 0 radical (unpaired) electrons. The molecule has 0 spiro atoms. The Kier molecular flexibility index (Phi) is 14.6. The predicted molar refractivity (Wildman–Crippen MR) is 108 cm³/mol. The summed E-state index contributed by atoms with van der Waals surface area (Å²) in [6.45, 7) is 14.0. The minimum atomic E-state index is -0.484. The maximum Gasteiger partial charge on any atom is 0.407 e. The van der Waals surface area contributed by atoms with Gasteiger partial charge in [0.2, 0.25) is 0 Å². The molecular weight excluding hydrogens is 407 g/mol. The number of aliphatic imine (C=N–C) groups is 1. The Morgan fingerprint density at radius 3 is 2.26 bits per heavy atom. The van der Waals surface area contributed by atoms with Crippen molar-refractivity contribution in [2.24, 2.45) is 4.99 Å². The van der Waals surface area contributed by atoms with E-state index in [4.69, 9.17) is 4.74 Å². The number of hydrogen-bond acceptors (Lipinski definition) is 3. The van der Waals surface area contributed by atoms with Crippen LogP contribution in [-0.4, -0.2) is 43.3 Å². The predicted octanol–water partition coefficient (Wildman–Crippen LogP) is 3.26. The van der Waals surface area contributed by atoms with Crippen molar-refractivity contribution in [2.45, 2.75) is 72.4 Å². The molecule has 0 saturated heterocycles. The second-order valence-corrected chi connectivity index (χ2v) is 6.28. The van der Waals surface area contributed by atoms with Gasteiger partial charge >= 0.3 is 6.09 Å². The van der Waals surface area contributed by atoms with Crippen molar-refractivity contribution in [3.8, 4) is 0 Å². The van der Waals surface area contributed by atoms with Crippen molar-refractivity contribution < 1.29 is 9.53 Å². The molecule has 0 aliphatic rings. The summed E-state index contributed by atoms with van der Waals surface area (Å²) in [6.07, 6.45) is 2.51. The molecule has 6 nitrogen and oxygen atoms in total. The fraction of sp³-hybridized carbons (Fsp3) is 0.875. The number of ether oxygens (including phenoxy) is 1. The van der Waals surface area contributed by atoms with E-state index in [1.165, 1.54) is 0 Å². The van der Waals surface area contributed by atoms with E-state index in [-0.39, 0.29) is 36.1 Å². The molecule has 0 saturated carbocycles. The van der Waals surface area contributed by atoms with Crippen LogP contribution < -0.4 is 16.0 Å². The van der Waals surface area contributed by atoms with E-state index >= 15 is 0 Å². The van der Waals surface area contributed by atoms with E-state index in [0.29, 0.717) is 6.54 Å². The van der Waals surface area contributed by atoms with E-state index in [1.807, 2.05) is 27.7 Å². The van der Waals surface area contributed by atoms with Gasteiger partial charge in [-0.2, -0.15) is 0 Å². The van der Waals surface area contributed by atoms with Gasteiger partial charge in [0, 0.05) is 13.1 Å². The van der Waals surface area contributed by atoms with Gasteiger partial charge < -0.3 is 20.7 Å². The minimum absolute atomic E-state index is 0. The first-order chi connectivity index (χ1) is 10.3. The fourth-order valence-corrected chi connectivity index (χ4v) is 1.82. The number of carbonyl (C=O) groups excluding carboxylic acids is 1. The van der Waals surface area contributed by atoms with Crippen molar-refractivity contribution in [1.29, 1.82) is 0 Å². The summed E-state index contributed by atoms with van der Waals surface area (Å²) in [4.78, 5) is 16.4. The summed E-state index contributed by atoms with van der Waals surface area (Å²) in [7, 11) is 0. The number of carbonyl (C=O) groups is 1. The molecule has 1 amide bonds. The number of alkyl carbamates (subject to hydrolysis) is 1. The molecule has 23 heavy (non-hydrogen) atoms. The van der Waals surface area contributed by atoms with Gasteiger partial charge in [0.1, 0.15) is 5.60 Å². The minimum Gasteiger partial charge on any atom is -0.444 e. The Balaban J connectivity index is 0. The van der Waals surface area contributed by atoms with Crippen molar-refractivity contribution in [1.82, 2.24) is 16.0 Å². The van der Waals surface area contributed by atoms with Crippen LogP contribution in [-0.2, 0) is 4.74 Å². The highest BCUT2D eigenvalue weighted by Gasteiger charge is 2.19. The largest absolute Gasteiger partial charge is 0.444 e. The third-order valence-corrected chi connectivity index (χ3v) is 2.71.